The van der Waals surface area contributed by atoms with Crippen LogP contribution >= 0.6 is 0 Å². The first-order valence-electron chi connectivity index (χ1n) is 7.90. The van der Waals surface area contributed by atoms with E-state index in [9.17, 15) is 8.42 Å². The quantitative estimate of drug-likeness (QED) is 0.600. The smallest absolute Gasteiger partial charge is 0.191 e. The summed E-state index contributed by atoms with van der Waals surface area (Å²) in [7, 11) is -3.12. The Hall–Kier alpha value is -0.780. The number of sulfone groups is 1. The zero-order valence-corrected chi connectivity index (χ0v) is 14.9. The van der Waals surface area contributed by atoms with Crippen molar-refractivity contribution >= 4 is 15.8 Å². The molecule has 0 heterocycles. The van der Waals surface area contributed by atoms with Gasteiger partial charge in [0.2, 0.25) is 0 Å². The summed E-state index contributed by atoms with van der Waals surface area (Å²) in [4.78, 5) is 4.48. The van der Waals surface area contributed by atoms with Gasteiger partial charge in [0.1, 0.15) is 0 Å². The van der Waals surface area contributed by atoms with Crippen molar-refractivity contribution in [3.8, 4) is 0 Å². The average molecular weight is 317 g/mol. The van der Waals surface area contributed by atoms with Crippen LogP contribution in [0.3, 0.4) is 0 Å². The van der Waals surface area contributed by atoms with Gasteiger partial charge < -0.3 is 10.6 Å². The van der Waals surface area contributed by atoms with Crippen LogP contribution in [0, 0.1) is 5.92 Å². The third kappa shape index (κ3) is 5.85. The molecule has 1 saturated carbocycles. The van der Waals surface area contributed by atoms with Gasteiger partial charge in [0.05, 0.1) is 11.3 Å². The summed E-state index contributed by atoms with van der Waals surface area (Å²) >= 11 is 0. The first-order chi connectivity index (χ1) is 9.65. The molecule has 1 rings (SSSR count). The Morgan fingerprint density at radius 1 is 1.24 bits per heavy atom. The summed E-state index contributed by atoms with van der Waals surface area (Å²) in [5.41, 5.74) is 0. The predicted octanol–water partition coefficient (Wildman–Crippen LogP) is 1.94. The van der Waals surface area contributed by atoms with E-state index in [4.69, 9.17) is 0 Å². The Morgan fingerprint density at radius 2 is 1.81 bits per heavy atom. The molecule has 0 radical (unpaired) electrons. The zero-order chi connectivity index (χ0) is 16.1. The van der Waals surface area contributed by atoms with Crippen LogP contribution in [0.1, 0.15) is 53.4 Å². The van der Waals surface area contributed by atoms with E-state index < -0.39 is 14.6 Å². The van der Waals surface area contributed by atoms with Crippen molar-refractivity contribution in [1.82, 2.24) is 10.6 Å². The second kappa shape index (κ2) is 7.47. The Bertz CT molecular complexity index is 450. The molecule has 0 aromatic heterocycles. The van der Waals surface area contributed by atoms with Crippen molar-refractivity contribution in [1.29, 1.82) is 0 Å². The van der Waals surface area contributed by atoms with Gasteiger partial charge in [-0.25, -0.2) is 8.42 Å². The Morgan fingerprint density at radius 3 is 2.29 bits per heavy atom. The van der Waals surface area contributed by atoms with Crippen LogP contribution in [0.15, 0.2) is 4.99 Å². The van der Waals surface area contributed by atoms with Gasteiger partial charge in [0, 0.05) is 18.8 Å². The second-order valence-corrected chi connectivity index (χ2v) is 9.48. The summed E-state index contributed by atoms with van der Waals surface area (Å²) in [6, 6.07) is 0.445. The fourth-order valence-electron chi connectivity index (χ4n) is 2.30. The highest BCUT2D eigenvalue weighted by molar-refractivity contribution is 7.92. The maximum Gasteiger partial charge on any atom is 0.191 e. The molecule has 21 heavy (non-hydrogen) atoms. The summed E-state index contributed by atoms with van der Waals surface area (Å²) in [6.07, 6.45) is 6.06. The van der Waals surface area contributed by atoms with E-state index in [1.54, 1.807) is 13.8 Å². The maximum atomic E-state index is 11.7. The molecule has 6 heteroatoms. The lowest BCUT2D eigenvalue weighted by atomic mass is 9.87. The molecule has 5 nitrogen and oxygen atoms in total. The van der Waals surface area contributed by atoms with Gasteiger partial charge in [-0.3, -0.25) is 4.99 Å². The number of guanidine groups is 1. The molecule has 0 aliphatic heterocycles. The first-order valence-corrected chi connectivity index (χ1v) is 9.79. The van der Waals surface area contributed by atoms with Crippen molar-refractivity contribution in [2.45, 2.75) is 64.2 Å². The van der Waals surface area contributed by atoms with E-state index in [-0.39, 0.29) is 6.54 Å². The fraction of sp³-hybridized carbons (Fsp3) is 0.933. The number of hydrogen-bond acceptors (Lipinski definition) is 3. The van der Waals surface area contributed by atoms with Gasteiger partial charge in [0.25, 0.3) is 0 Å². The molecule has 2 N–H and O–H groups in total. The van der Waals surface area contributed by atoms with Crippen LogP contribution in [0.5, 0.6) is 0 Å². The number of aliphatic imine (C=N–C) groups is 1. The molecule has 124 valence electrons. The van der Waals surface area contributed by atoms with Crippen LogP contribution in [0.2, 0.25) is 0 Å². The van der Waals surface area contributed by atoms with Gasteiger partial charge in [-0.2, -0.15) is 0 Å². The van der Waals surface area contributed by atoms with E-state index in [1.165, 1.54) is 19.1 Å². The Labute approximate surface area is 129 Å². The highest BCUT2D eigenvalue weighted by Gasteiger charge is 2.30. The van der Waals surface area contributed by atoms with Gasteiger partial charge in [-0.05, 0) is 52.4 Å². The topological polar surface area (TPSA) is 70.6 Å². The summed E-state index contributed by atoms with van der Waals surface area (Å²) < 4.78 is 22.6. The lowest BCUT2D eigenvalue weighted by Crippen LogP contribution is -2.46. The normalized spacial score (nSPS) is 24.7. The molecule has 0 bridgehead atoms. The number of hydrogen-bond donors (Lipinski definition) is 2. The minimum atomic E-state index is -3.12. The van der Waals surface area contributed by atoms with Crippen LogP contribution in [0.4, 0.5) is 0 Å². The number of nitrogens with zero attached hydrogens (tertiary/aromatic N) is 1. The zero-order valence-electron chi connectivity index (χ0n) is 14.1. The molecule has 0 spiro atoms. The first kappa shape index (κ1) is 18.3. The molecule has 0 amide bonds. The SMILES string of the molecule is CCNC(=NCC(C)(C)S(C)(=O)=O)NC1CCC(C)CC1. The third-order valence-corrected chi connectivity index (χ3v) is 6.46. The van der Waals surface area contributed by atoms with Crippen molar-refractivity contribution in [2.75, 3.05) is 19.3 Å². The van der Waals surface area contributed by atoms with Crippen molar-refractivity contribution in [2.24, 2.45) is 10.9 Å². The Kier molecular flexibility index (Phi) is 6.50. The summed E-state index contributed by atoms with van der Waals surface area (Å²) in [5, 5.41) is 6.65. The van der Waals surface area contributed by atoms with E-state index in [1.807, 2.05) is 6.92 Å². The second-order valence-electron chi connectivity index (χ2n) is 6.83. The number of rotatable bonds is 5. The van der Waals surface area contributed by atoms with Gasteiger partial charge in [-0.1, -0.05) is 6.92 Å². The molecule has 1 fully saturated rings. The largest absolute Gasteiger partial charge is 0.357 e. The van der Waals surface area contributed by atoms with Gasteiger partial charge >= 0.3 is 0 Å². The Balaban J connectivity index is 2.66. The van der Waals surface area contributed by atoms with E-state index in [2.05, 4.69) is 22.5 Å². The summed E-state index contributed by atoms with van der Waals surface area (Å²) in [5.74, 6) is 1.54. The molecule has 1 aliphatic rings. The van der Waals surface area contributed by atoms with Crippen LogP contribution in [0.25, 0.3) is 0 Å². The maximum absolute atomic E-state index is 11.7. The van der Waals surface area contributed by atoms with Gasteiger partial charge in [0.15, 0.2) is 15.8 Å². The molecule has 0 saturated heterocycles. The minimum absolute atomic E-state index is 0.268. The molecular formula is C15H31N3O2S. The monoisotopic (exact) mass is 317 g/mol. The molecule has 1 aliphatic carbocycles. The van der Waals surface area contributed by atoms with E-state index in [0.29, 0.717) is 6.04 Å². The molecule has 0 aromatic rings. The summed E-state index contributed by atoms with van der Waals surface area (Å²) in [6.45, 7) is 8.79. The standard InChI is InChI=1S/C15H31N3O2S/c1-6-16-14(17-11-15(3,4)21(5,19)20)18-13-9-7-12(2)8-10-13/h12-13H,6-11H2,1-5H3,(H2,16,17,18). The van der Waals surface area contributed by atoms with Crippen molar-refractivity contribution < 1.29 is 8.42 Å². The average Bonchev–Trinajstić information content (AvgIpc) is 2.37. The predicted molar refractivity (Wildman–Crippen MR) is 89.5 cm³/mol. The molecule has 0 unspecified atom stereocenters. The van der Waals surface area contributed by atoms with Crippen LogP contribution in [-0.2, 0) is 9.84 Å². The lowest BCUT2D eigenvalue weighted by molar-refractivity contribution is 0.329. The molecular weight excluding hydrogens is 286 g/mol. The third-order valence-electron chi connectivity index (χ3n) is 4.32. The van der Waals surface area contributed by atoms with Gasteiger partial charge in [-0.15, -0.1) is 0 Å². The van der Waals surface area contributed by atoms with Crippen molar-refractivity contribution in [3.63, 3.8) is 0 Å². The fourth-order valence-corrected chi connectivity index (χ4v) is 2.60. The number of nitrogens with one attached hydrogen (secondary N) is 2. The van der Waals surface area contributed by atoms with Crippen LogP contribution < -0.4 is 10.6 Å². The molecule has 0 aromatic carbocycles. The van der Waals surface area contributed by atoms with E-state index in [0.717, 1.165) is 31.3 Å². The minimum Gasteiger partial charge on any atom is -0.357 e. The van der Waals surface area contributed by atoms with E-state index >= 15 is 0 Å². The molecule has 0 atom stereocenters. The van der Waals surface area contributed by atoms with Crippen LogP contribution in [-0.4, -0.2) is 44.5 Å². The lowest BCUT2D eigenvalue weighted by Gasteiger charge is -2.29. The highest BCUT2D eigenvalue weighted by Crippen LogP contribution is 2.23. The van der Waals surface area contributed by atoms with Crippen molar-refractivity contribution in [3.05, 3.63) is 0 Å². The highest BCUT2D eigenvalue weighted by atomic mass is 32.2.